The summed E-state index contributed by atoms with van der Waals surface area (Å²) in [4.78, 5) is 38.0. The molecule has 1 atom stereocenters. The SMILES string of the molecule is CCOC(=O)c1cn(C(Cc2ccc(O)cc2)C(=O)OCC)c2c(F)c(F)c(F)cc2c1=O. The molecule has 3 rings (SSSR count). The molecule has 7 nitrogen and oxygen atoms in total. The summed E-state index contributed by atoms with van der Waals surface area (Å²) in [6, 6.07) is 4.81. The van der Waals surface area contributed by atoms with Crippen LogP contribution in [0.1, 0.15) is 35.8 Å². The summed E-state index contributed by atoms with van der Waals surface area (Å²) < 4.78 is 53.8. The third kappa shape index (κ3) is 4.69. The molecule has 0 saturated heterocycles. The molecule has 0 aliphatic carbocycles. The van der Waals surface area contributed by atoms with E-state index in [2.05, 4.69) is 0 Å². The smallest absolute Gasteiger partial charge is 0.343 e. The number of hydrogen-bond donors (Lipinski definition) is 1. The molecule has 0 saturated carbocycles. The summed E-state index contributed by atoms with van der Waals surface area (Å²) in [5, 5.41) is 8.86. The number of carbonyl (C=O) groups is 2. The van der Waals surface area contributed by atoms with E-state index in [0.29, 0.717) is 11.6 Å². The Bertz CT molecular complexity index is 1270. The number of ether oxygens (including phenoxy) is 2. The normalized spacial score (nSPS) is 11.9. The van der Waals surface area contributed by atoms with Crippen molar-refractivity contribution in [2.45, 2.75) is 26.3 Å². The average Bonchev–Trinajstić information content (AvgIpc) is 2.78. The molecule has 0 radical (unpaired) electrons. The van der Waals surface area contributed by atoms with Crippen molar-refractivity contribution in [2.75, 3.05) is 13.2 Å². The van der Waals surface area contributed by atoms with E-state index in [-0.39, 0.29) is 25.4 Å². The first-order valence-corrected chi connectivity index (χ1v) is 10.0. The highest BCUT2D eigenvalue weighted by Crippen LogP contribution is 2.27. The molecule has 174 valence electrons. The number of hydrogen-bond acceptors (Lipinski definition) is 6. The van der Waals surface area contributed by atoms with Gasteiger partial charge in [-0.05, 0) is 37.6 Å². The van der Waals surface area contributed by atoms with E-state index >= 15 is 0 Å². The predicted octanol–water partition coefficient (Wildman–Crippen LogP) is 3.65. The number of halogens is 3. The molecule has 0 amide bonds. The summed E-state index contributed by atoms with van der Waals surface area (Å²) in [5.74, 6) is -7.14. The van der Waals surface area contributed by atoms with Crippen molar-refractivity contribution >= 4 is 22.8 Å². The Morgan fingerprint density at radius 1 is 1.03 bits per heavy atom. The van der Waals surface area contributed by atoms with E-state index in [0.717, 1.165) is 10.8 Å². The number of rotatable bonds is 7. The number of aromatic nitrogens is 1. The maximum absolute atomic E-state index is 14.9. The van der Waals surface area contributed by atoms with Crippen molar-refractivity contribution in [3.8, 4) is 5.75 Å². The third-order valence-corrected chi connectivity index (χ3v) is 4.91. The van der Waals surface area contributed by atoms with Crippen molar-refractivity contribution in [3.63, 3.8) is 0 Å². The largest absolute Gasteiger partial charge is 0.508 e. The lowest BCUT2D eigenvalue weighted by Crippen LogP contribution is -2.29. The number of pyridine rings is 1. The Kier molecular flexibility index (Phi) is 7.05. The van der Waals surface area contributed by atoms with Crippen molar-refractivity contribution in [1.29, 1.82) is 0 Å². The van der Waals surface area contributed by atoms with Gasteiger partial charge in [0, 0.05) is 12.6 Å². The number of fused-ring (bicyclic) bond motifs is 1. The van der Waals surface area contributed by atoms with Crippen LogP contribution in [0.2, 0.25) is 0 Å². The van der Waals surface area contributed by atoms with Gasteiger partial charge in [-0.15, -0.1) is 0 Å². The highest BCUT2D eigenvalue weighted by atomic mass is 19.2. The Morgan fingerprint density at radius 2 is 1.67 bits per heavy atom. The van der Waals surface area contributed by atoms with E-state index < -0.39 is 57.3 Å². The van der Waals surface area contributed by atoms with Gasteiger partial charge in [-0.1, -0.05) is 12.1 Å². The molecule has 3 aromatic rings. The second-order valence-electron chi connectivity index (χ2n) is 7.02. The van der Waals surface area contributed by atoms with Gasteiger partial charge in [0.25, 0.3) is 0 Å². The van der Waals surface area contributed by atoms with Crippen LogP contribution in [-0.4, -0.2) is 34.8 Å². The fraction of sp³-hybridized carbons (Fsp3) is 0.261. The van der Waals surface area contributed by atoms with Crippen molar-refractivity contribution < 1.29 is 37.3 Å². The fourth-order valence-electron chi connectivity index (χ4n) is 3.41. The number of phenols is 1. The minimum atomic E-state index is -1.84. The van der Waals surface area contributed by atoms with Crippen molar-refractivity contribution in [1.82, 2.24) is 4.57 Å². The summed E-state index contributed by atoms with van der Waals surface area (Å²) in [6.07, 6.45) is 0.739. The molecule has 1 aromatic heterocycles. The highest BCUT2D eigenvalue weighted by Gasteiger charge is 2.30. The first kappa shape index (κ1) is 23.8. The first-order chi connectivity index (χ1) is 15.7. The molecular weight excluding hydrogens is 443 g/mol. The highest BCUT2D eigenvalue weighted by molar-refractivity contribution is 5.94. The lowest BCUT2D eigenvalue weighted by atomic mass is 10.0. The lowest BCUT2D eigenvalue weighted by molar-refractivity contribution is -0.147. The van der Waals surface area contributed by atoms with Crippen LogP contribution in [0, 0.1) is 17.5 Å². The molecule has 2 aromatic carbocycles. The molecular formula is C23H20F3NO6. The van der Waals surface area contributed by atoms with Crippen LogP contribution in [0.25, 0.3) is 10.9 Å². The van der Waals surface area contributed by atoms with Gasteiger partial charge in [-0.25, -0.2) is 22.8 Å². The average molecular weight is 463 g/mol. The Morgan fingerprint density at radius 3 is 2.27 bits per heavy atom. The van der Waals surface area contributed by atoms with Crippen LogP contribution in [0.5, 0.6) is 5.75 Å². The van der Waals surface area contributed by atoms with E-state index in [1.165, 1.54) is 31.2 Å². The quantitative estimate of drug-likeness (QED) is 0.425. The van der Waals surface area contributed by atoms with E-state index in [1.807, 2.05) is 0 Å². The van der Waals surface area contributed by atoms with E-state index in [9.17, 15) is 32.7 Å². The number of carbonyl (C=O) groups excluding carboxylic acids is 2. The van der Waals surface area contributed by atoms with Crippen LogP contribution in [0.4, 0.5) is 13.2 Å². The van der Waals surface area contributed by atoms with Gasteiger partial charge in [0.15, 0.2) is 17.5 Å². The Balaban J connectivity index is 2.35. The number of esters is 2. The van der Waals surface area contributed by atoms with Crippen LogP contribution < -0.4 is 5.43 Å². The zero-order valence-electron chi connectivity index (χ0n) is 17.7. The third-order valence-electron chi connectivity index (χ3n) is 4.91. The molecule has 0 fully saturated rings. The maximum Gasteiger partial charge on any atom is 0.343 e. The zero-order chi connectivity index (χ0) is 24.3. The van der Waals surface area contributed by atoms with Gasteiger partial charge in [0.2, 0.25) is 5.43 Å². The summed E-state index contributed by atoms with van der Waals surface area (Å²) >= 11 is 0. The summed E-state index contributed by atoms with van der Waals surface area (Å²) in [7, 11) is 0. The van der Waals surface area contributed by atoms with Crippen molar-refractivity contribution in [3.05, 3.63) is 75.3 Å². The fourth-order valence-corrected chi connectivity index (χ4v) is 3.41. The van der Waals surface area contributed by atoms with Crippen LogP contribution in [0.15, 0.2) is 41.3 Å². The molecule has 0 bridgehead atoms. The maximum atomic E-state index is 14.9. The zero-order valence-corrected chi connectivity index (χ0v) is 17.7. The lowest BCUT2D eigenvalue weighted by Gasteiger charge is -2.23. The molecule has 1 unspecified atom stereocenters. The first-order valence-electron chi connectivity index (χ1n) is 10.0. The molecule has 1 N–H and O–H groups in total. The summed E-state index contributed by atoms with van der Waals surface area (Å²) in [6.45, 7) is 2.91. The second-order valence-corrected chi connectivity index (χ2v) is 7.02. The Hall–Kier alpha value is -3.82. The molecule has 1 heterocycles. The van der Waals surface area contributed by atoms with Gasteiger partial charge in [0.1, 0.15) is 17.4 Å². The van der Waals surface area contributed by atoms with Crippen molar-refractivity contribution in [2.24, 2.45) is 0 Å². The van der Waals surface area contributed by atoms with Crippen LogP contribution in [-0.2, 0) is 20.7 Å². The molecule has 0 aliphatic heterocycles. The number of aromatic hydroxyl groups is 1. The predicted molar refractivity (Wildman–Crippen MR) is 112 cm³/mol. The summed E-state index contributed by atoms with van der Waals surface area (Å²) in [5.41, 5.74) is -1.87. The monoisotopic (exact) mass is 463 g/mol. The standard InChI is InChI=1S/C23H20F3NO6/c1-3-32-22(30)15-11-27(20-14(21(15)29)10-16(24)18(25)19(20)26)17(23(31)33-4-2)9-12-5-7-13(28)8-6-12/h5-8,10-11,17,28H,3-4,9H2,1-2H3. The van der Waals surface area contributed by atoms with Gasteiger partial charge >= 0.3 is 11.9 Å². The van der Waals surface area contributed by atoms with E-state index in [1.54, 1.807) is 6.92 Å². The second kappa shape index (κ2) is 9.76. The number of benzene rings is 2. The molecule has 10 heteroatoms. The van der Waals surface area contributed by atoms with Gasteiger partial charge < -0.3 is 19.1 Å². The van der Waals surface area contributed by atoms with Crippen LogP contribution in [0.3, 0.4) is 0 Å². The molecule has 0 aliphatic rings. The topological polar surface area (TPSA) is 94.8 Å². The Labute approximate surface area is 186 Å². The van der Waals surface area contributed by atoms with Gasteiger partial charge in [-0.2, -0.15) is 0 Å². The molecule has 0 spiro atoms. The van der Waals surface area contributed by atoms with E-state index in [4.69, 9.17) is 9.47 Å². The van der Waals surface area contributed by atoms with Crippen LogP contribution >= 0.6 is 0 Å². The number of phenolic OH excluding ortho intramolecular Hbond substituents is 1. The minimum absolute atomic E-state index is 0.0339. The molecule has 33 heavy (non-hydrogen) atoms. The van der Waals surface area contributed by atoms with Gasteiger partial charge in [0.05, 0.1) is 24.1 Å². The number of nitrogens with zero attached hydrogens (tertiary/aromatic N) is 1. The van der Waals surface area contributed by atoms with Gasteiger partial charge in [-0.3, -0.25) is 4.79 Å². The minimum Gasteiger partial charge on any atom is -0.508 e.